The molecule has 2 rings (SSSR count). The lowest BCUT2D eigenvalue weighted by atomic mass is 9.82. The van der Waals surface area contributed by atoms with Crippen LogP contribution in [0.1, 0.15) is 32.4 Å². The van der Waals surface area contributed by atoms with Gasteiger partial charge in [0, 0.05) is 17.3 Å². The number of benzene rings is 1. The summed E-state index contributed by atoms with van der Waals surface area (Å²) >= 11 is 1.47. The number of pyridine rings is 1. The first kappa shape index (κ1) is 17.5. The summed E-state index contributed by atoms with van der Waals surface area (Å²) in [6, 6.07) is 9.87. The van der Waals surface area contributed by atoms with Gasteiger partial charge in [0.15, 0.2) is 0 Å². The molecule has 1 aromatic carbocycles. The molecule has 0 aliphatic rings. The third kappa shape index (κ3) is 5.36. The molecule has 1 N–H and O–H groups in total. The van der Waals surface area contributed by atoms with Gasteiger partial charge in [0.2, 0.25) is 5.91 Å². The zero-order valence-electron chi connectivity index (χ0n) is 13.5. The van der Waals surface area contributed by atoms with Crippen LogP contribution in [0.2, 0.25) is 0 Å². The van der Waals surface area contributed by atoms with Crippen LogP contribution in [-0.4, -0.2) is 16.6 Å². The van der Waals surface area contributed by atoms with Crippen molar-refractivity contribution in [1.82, 2.24) is 10.3 Å². The van der Waals surface area contributed by atoms with Gasteiger partial charge in [-0.25, -0.2) is 4.39 Å². The van der Waals surface area contributed by atoms with Crippen molar-refractivity contribution < 1.29 is 9.18 Å². The average molecular weight is 332 g/mol. The van der Waals surface area contributed by atoms with Crippen LogP contribution in [0.3, 0.4) is 0 Å². The maximum Gasteiger partial charge on any atom is 0.230 e. The highest BCUT2D eigenvalue weighted by Gasteiger charge is 2.27. The van der Waals surface area contributed by atoms with E-state index in [0.29, 0.717) is 5.75 Å². The summed E-state index contributed by atoms with van der Waals surface area (Å²) in [6.07, 6.45) is 3.41. The fourth-order valence-corrected chi connectivity index (χ4v) is 2.94. The normalized spacial score (nSPS) is 12.7. The Hall–Kier alpha value is -1.88. The Morgan fingerprint density at radius 3 is 2.35 bits per heavy atom. The number of rotatable bonds is 5. The fraction of sp³-hybridized carbons (Fsp3) is 0.333. The maximum atomic E-state index is 13.1. The predicted molar refractivity (Wildman–Crippen MR) is 91.7 cm³/mol. The summed E-state index contributed by atoms with van der Waals surface area (Å²) in [5.41, 5.74) is 0.732. The Morgan fingerprint density at radius 2 is 1.78 bits per heavy atom. The summed E-state index contributed by atoms with van der Waals surface area (Å²) in [5, 5.41) is 3.07. The zero-order valence-corrected chi connectivity index (χ0v) is 14.4. The molecule has 23 heavy (non-hydrogen) atoms. The number of amides is 1. The zero-order chi connectivity index (χ0) is 16.9. The number of carbonyl (C=O) groups excluding carboxylic acids is 1. The van der Waals surface area contributed by atoms with Crippen molar-refractivity contribution in [3.8, 4) is 0 Å². The standard InChI is InChI=1S/C18H21FN2OS/c1-18(2,3)17(13-4-6-14(19)7-5-13)21-16(22)12-23-15-8-10-20-11-9-15/h4-11,17H,12H2,1-3H3,(H,21,22). The first-order valence-corrected chi connectivity index (χ1v) is 8.42. The quantitative estimate of drug-likeness (QED) is 0.834. The van der Waals surface area contributed by atoms with Gasteiger partial charge in [0.05, 0.1) is 11.8 Å². The molecule has 1 atom stereocenters. The Bertz CT molecular complexity index is 638. The molecule has 3 nitrogen and oxygen atoms in total. The number of nitrogens with one attached hydrogen (secondary N) is 1. The predicted octanol–water partition coefficient (Wildman–Crippen LogP) is 4.22. The van der Waals surface area contributed by atoms with Gasteiger partial charge < -0.3 is 5.32 Å². The van der Waals surface area contributed by atoms with E-state index >= 15 is 0 Å². The molecule has 0 aliphatic heterocycles. The first-order chi connectivity index (χ1) is 10.9. The number of halogens is 1. The number of nitrogens with zero attached hydrogens (tertiary/aromatic N) is 1. The molecule has 0 saturated heterocycles. The lowest BCUT2D eigenvalue weighted by Gasteiger charge is -2.32. The van der Waals surface area contributed by atoms with Gasteiger partial charge in [-0.05, 0) is 35.2 Å². The van der Waals surface area contributed by atoms with E-state index in [0.717, 1.165) is 10.5 Å². The topological polar surface area (TPSA) is 42.0 Å². The van der Waals surface area contributed by atoms with Crippen LogP contribution in [0.4, 0.5) is 4.39 Å². The van der Waals surface area contributed by atoms with Crippen LogP contribution in [-0.2, 0) is 4.79 Å². The van der Waals surface area contributed by atoms with Crippen LogP contribution in [0.15, 0.2) is 53.7 Å². The van der Waals surface area contributed by atoms with Gasteiger partial charge >= 0.3 is 0 Å². The minimum atomic E-state index is -0.277. The average Bonchev–Trinajstić information content (AvgIpc) is 2.52. The molecule has 0 spiro atoms. The van der Waals surface area contributed by atoms with Crippen molar-refractivity contribution in [2.45, 2.75) is 31.7 Å². The Balaban J connectivity index is 2.03. The van der Waals surface area contributed by atoms with Gasteiger partial charge in [0.25, 0.3) is 0 Å². The van der Waals surface area contributed by atoms with Crippen LogP contribution in [0, 0.1) is 11.2 Å². The second-order valence-corrected chi connectivity index (χ2v) is 7.44. The highest BCUT2D eigenvalue weighted by atomic mass is 32.2. The summed E-state index contributed by atoms with van der Waals surface area (Å²) in [6.45, 7) is 6.16. The van der Waals surface area contributed by atoms with E-state index in [2.05, 4.69) is 31.1 Å². The van der Waals surface area contributed by atoms with Crippen LogP contribution >= 0.6 is 11.8 Å². The second kappa shape index (κ2) is 7.59. The third-order valence-corrected chi connectivity index (χ3v) is 4.41. The lowest BCUT2D eigenvalue weighted by molar-refractivity contribution is -0.120. The number of carbonyl (C=O) groups is 1. The Labute approximate surface area is 140 Å². The Morgan fingerprint density at radius 1 is 1.17 bits per heavy atom. The fourth-order valence-electron chi connectivity index (χ4n) is 2.24. The summed E-state index contributed by atoms with van der Waals surface area (Å²) < 4.78 is 13.1. The number of thioether (sulfide) groups is 1. The second-order valence-electron chi connectivity index (χ2n) is 6.39. The SMILES string of the molecule is CC(C)(C)C(NC(=O)CSc1ccncc1)c1ccc(F)cc1. The summed E-state index contributed by atoms with van der Waals surface area (Å²) in [7, 11) is 0. The highest BCUT2D eigenvalue weighted by Crippen LogP contribution is 2.33. The molecule has 0 fully saturated rings. The maximum absolute atomic E-state index is 13.1. The largest absolute Gasteiger partial charge is 0.348 e. The molecule has 2 aromatic rings. The first-order valence-electron chi connectivity index (χ1n) is 7.44. The Kier molecular flexibility index (Phi) is 5.77. The molecule has 0 bridgehead atoms. The van der Waals surface area contributed by atoms with Gasteiger partial charge in [0.1, 0.15) is 5.82 Å². The molecule has 5 heteroatoms. The van der Waals surface area contributed by atoms with Gasteiger partial charge in [-0.3, -0.25) is 9.78 Å². The van der Waals surface area contributed by atoms with E-state index in [9.17, 15) is 9.18 Å². The molecule has 0 saturated carbocycles. The van der Waals surface area contributed by atoms with Crippen molar-refractivity contribution in [1.29, 1.82) is 0 Å². The molecule has 122 valence electrons. The van der Waals surface area contributed by atoms with Crippen molar-refractivity contribution >= 4 is 17.7 Å². The number of hydrogen-bond acceptors (Lipinski definition) is 3. The van der Waals surface area contributed by atoms with E-state index in [1.165, 1.54) is 23.9 Å². The minimum Gasteiger partial charge on any atom is -0.348 e. The van der Waals surface area contributed by atoms with Gasteiger partial charge in [-0.2, -0.15) is 0 Å². The van der Waals surface area contributed by atoms with Crippen LogP contribution in [0.25, 0.3) is 0 Å². The third-order valence-electron chi connectivity index (χ3n) is 3.39. The minimum absolute atomic E-state index is 0.0453. The van der Waals surface area contributed by atoms with Crippen molar-refractivity contribution in [2.24, 2.45) is 5.41 Å². The van der Waals surface area contributed by atoms with E-state index in [4.69, 9.17) is 0 Å². The molecule has 1 amide bonds. The van der Waals surface area contributed by atoms with E-state index in [1.807, 2.05) is 12.1 Å². The molecule has 0 radical (unpaired) electrons. The summed E-state index contributed by atoms with van der Waals surface area (Å²) in [4.78, 5) is 17.3. The molecule has 1 heterocycles. The molecule has 0 aliphatic carbocycles. The van der Waals surface area contributed by atoms with Gasteiger partial charge in [-0.1, -0.05) is 32.9 Å². The van der Waals surface area contributed by atoms with Crippen LogP contribution < -0.4 is 5.32 Å². The molecule has 1 unspecified atom stereocenters. The van der Waals surface area contributed by atoms with Crippen molar-refractivity contribution in [2.75, 3.05) is 5.75 Å². The monoisotopic (exact) mass is 332 g/mol. The summed E-state index contributed by atoms with van der Waals surface area (Å²) in [5.74, 6) is 0.00895. The molecule has 1 aromatic heterocycles. The van der Waals surface area contributed by atoms with Crippen LogP contribution in [0.5, 0.6) is 0 Å². The van der Waals surface area contributed by atoms with Crippen molar-refractivity contribution in [3.05, 3.63) is 60.2 Å². The number of hydrogen-bond donors (Lipinski definition) is 1. The van der Waals surface area contributed by atoms with E-state index in [-0.39, 0.29) is 23.2 Å². The lowest BCUT2D eigenvalue weighted by Crippen LogP contribution is -2.37. The van der Waals surface area contributed by atoms with Gasteiger partial charge in [-0.15, -0.1) is 11.8 Å². The highest BCUT2D eigenvalue weighted by molar-refractivity contribution is 8.00. The number of aromatic nitrogens is 1. The van der Waals surface area contributed by atoms with E-state index in [1.54, 1.807) is 24.5 Å². The smallest absolute Gasteiger partial charge is 0.230 e. The molecular weight excluding hydrogens is 311 g/mol. The van der Waals surface area contributed by atoms with Crippen molar-refractivity contribution in [3.63, 3.8) is 0 Å². The van der Waals surface area contributed by atoms with E-state index < -0.39 is 0 Å². The molecular formula is C18H21FN2OS.